The standard InChI is InChI=1S/C14H22N2O3/c1-10-12(5-6-15-10)13(17)16-7-11(8-18-4)19-14(2,3)9-16/h5-6,11,15H,7-9H2,1-4H3/t11-/m0/s1. The summed E-state index contributed by atoms with van der Waals surface area (Å²) in [7, 11) is 1.65. The number of hydrogen-bond acceptors (Lipinski definition) is 3. The Morgan fingerprint density at radius 3 is 2.95 bits per heavy atom. The monoisotopic (exact) mass is 266 g/mol. The minimum atomic E-state index is -0.346. The molecule has 0 aliphatic carbocycles. The van der Waals surface area contributed by atoms with Gasteiger partial charge >= 0.3 is 0 Å². The van der Waals surface area contributed by atoms with Crippen molar-refractivity contribution in [2.45, 2.75) is 32.5 Å². The van der Waals surface area contributed by atoms with Crippen LogP contribution in [0.5, 0.6) is 0 Å². The maximum Gasteiger partial charge on any atom is 0.255 e. The summed E-state index contributed by atoms with van der Waals surface area (Å²) in [5, 5.41) is 0. The second kappa shape index (κ2) is 5.35. The second-order valence-corrected chi connectivity index (χ2v) is 5.66. The first-order valence-corrected chi connectivity index (χ1v) is 6.53. The fourth-order valence-corrected chi connectivity index (χ4v) is 2.58. The van der Waals surface area contributed by atoms with Crippen LogP contribution < -0.4 is 0 Å². The Kier molecular flexibility index (Phi) is 3.96. The second-order valence-electron chi connectivity index (χ2n) is 5.66. The van der Waals surface area contributed by atoms with Crippen molar-refractivity contribution in [3.8, 4) is 0 Å². The average molecular weight is 266 g/mol. The first kappa shape index (κ1) is 14.1. The molecule has 1 amide bonds. The van der Waals surface area contributed by atoms with Crippen LogP contribution in [0.2, 0.25) is 0 Å². The van der Waals surface area contributed by atoms with E-state index in [4.69, 9.17) is 9.47 Å². The molecule has 106 valence electrons. The summed E-state index contributed by atoms with van der Waals surface area (Å²) in [4.78, 5) is 17.4. The average Bonchev–Trinajstić information content (AvgIpc) is 2.73. The van der Waals surface area contributed by atoms with E-state index in [0.717, 1.165) is 11.3 Å². The lowest BCUT2D eigenvalue weighted by Crippen LogP contribution is -2.55. The molecule has 0 spiro atoms. The molecule has 2 heterocycles. The molecular weight excluding hydrogens is 244 g/mol. The Morgan fingerprint density at radius 2 is 2.37 bits per heavy atom. The molecule has 19 heavy (non-hydrogen) atoms. The lowest BCUT2D eigenvalue weighted by Gasteiger charge is -2.42. The maximum absolute atomic E-state index is 12.5. The van der Waals surface area contributed by atoms with Crippen molar-refractivity contribution in [1.29, 1.82) is 0 Å². The summed E-state index contributed by atoms with van der Waals surface area (Å²) in [5.74, 6) is 0.0521. The largest absolute Gasteiger partial charge is 0.382 e. The van der Waals surface area contributed by atoms with E-state index in [1.807, 2.05) is 31.7 Å². The molecule has 0 radical (unpaired) electrons. The zero-order chi connectivity index (χ0) is 14.0. The fourth-order valence-electron chi connectivity index (χ4n) is 2.58. The Balaban J connectivity index is 2.15. The van der Waals surface area contributed by atoms with Crippen LogP contribution in [0.15, 0.2) is 12.3 Å². The van der Waals surface area contributed by atoms with Gasteiger partial charge in [0.15, 0.2) is 0 Å². The summed E-state index contributed by atoms with van der Waals surface area (Å²) < 4.78 is 11.1. The molecule has 0 saturated carbocycles. The molecule has 1 aromatic heterocycles. The molecule has 1 aliphatic heterocycles. The molecule has 1 saturated heterocycles. The van der Waals surface area contributed by atoms with Crippen LogP contribution in [0.4, 0.5) is 0 Å². The summed E-state index contributed by atoms with van der Waals surface area (Å²) in [5.41, 5.74) is 1.29. The van der Waals surface area contributed by atoms with Gasteiger partial charge in [-0.05, 0) is 26.8 Å². The minimum Gasteiger partial charge on any atom is -0.382 e. The van der Waals surface area contributed by atoms with Gasteiger partial charge in [-0.3, -0.25) is 4.79 Å². The van der Waals surface area contributed by atoms with Gasteiger partial charge < -0.3 is 19.4 Å². The number of carbonyl (C=O) groups is 1. The van der Waals surface area contributed by atoms with Gasteiger partial charge in [0.1, 0.15) is 0 Å². The van der Waals surface area contributed by atoms with E-state index in [1.54, 1.807) is 13.3 Å². The van der Waals surface area contributed by atoms with Crippen LogP contribution in [0.3, 0.4) is 0 Å². The molecule has 1 aliphatic rings. The van der Waals surface area contributed by atoms with Crippen molar-refractivity contribution in [2.75, 3.05) is 26.8 Å². The summed E-state index contributed by atoms with van der Waals surface area (Å²) in [6.07, 6.45) is 1.72. The van der Waals surface area contributed by atoms with Crippen molar-refractivity contribution in [3.05, 3.63) is 23.5 Å². The number of nitrogens with zero attached hydrogens (tertiary/aromatic N) is 1. The van der Waals surface area contributed by atoms with Gasteiger partial charge in [0, 0.05) is 32.1 Å². The number of aromatic nitrogens is 1. The highest BCUT2D eigenvalue weighted by Crippen LogP contribution is 2.23. The Hall–Kier alpha value is -1.33. The minimum absolute atomic E-state index is 0.0521. The maximum atomic E-state index is 12.5. The molecule has 1 atom stereocenters. The Labute approximate surface area is 113 Å². The summed E-state index contributed by atoms with van der Waals surface area (Å²) in [6.45, 7) is 7.57. The summed E-state index contributed by atoms with van der Waals surface area (Å²) in [6, 6.07) is 1.82. The fraction of sp³-hybridized carbons (Fsp3) is 0.643. The van der Waals surface area contributed by atoms with Crippen LogP contribution in [-0.4, -0.2) is 54.3 Å². The van der Waals surface area contributed by atoms with Gasteiger partial charge in [0.2, 0.25) is 0 Å². The number of morpholine rings is 1. The smallest absolute Gasteiger partial charge is 0.255 e. The predicted octanol–water partition coefficient (Wildman–Crippen LogP) is 1.59. The number of hydrogen-bond donors (Lipinski definition) is 1. The number of aryl methyl sites for hydroxylation is 1. The number of aromatic amines is 1. The molecule has 5 heteroatoms. The quantitative estimate of drug-likeness (QED) is 0.904. The van der Waals surface area contributed by atoms with E-state index in [0.29, 0.717) is 19.7 Å². The highest BCUT2D eigenvalue weighted by atomic mass is 16.5. The number of ether oxygens (including phenoxy) is 2. The Bertz CT molecular complexity index is 453. The van der Waals surface area contributed by atoms with Gasteiger partial charge in [-0.25, -0.2) is 0 Å². The van der Waals surface area contributed by atoms with Crippen molar-refractivity contribution in [3.63, 3.8) is 0 Å². The van der Waals surface area contributed by atoms with E-state index in [9.17, 15) is 4.79 Å². The zero-order valence-corrected chi connectivity index (χ0v) is 12.0. The van der Waals surface area contributed by atoms with Gasteiger partial charge in [-0.2, -0.15) is 0 Å². The molecule has 1 N–H and O–H groups in total. The molecular formula is C14H22N2O3. The SMILES string of the molecule is COC[C@@H]1CN(C(=O)c2cc[nH]c2C)CC(C)(C)O1. The zero-order valence-electron chi connectivity index (χ0n) is 12.0. The van der Waals surface area contributed by atoms with E-state index < -0.39 is 0 Å². The van der Waals surface area contributed by atoms with Crippen molar-refractivity contribution in [2.24, 2.45) is 0 Å². The van der Waals surface area contributed by atoms with Crippen LogP contribution in [0, 0.1) is 6.92 Å². The third kappa shape index (κ3) is 3.16. The van der Waals surface area contributed by atoms with E-state index >= 15 is 0 Å². The number of amides is 1. The highest BCUT2D eigenvalue weighted by molar-refractivity contribution is 5.95. The third-order valence-corrected chi connectivity index (χ3v) is 3.31. The van der Waals surface area contributed by atoms with Gasteiger partial charge in [-0.1, -0.05) is 0 Å². The molecule has 5 nitrogen and oxygen atoms in total. The van der Waals surface area contributed by atoms with Gasteiger partial charge in [-0.15, -0.1) is 0 Å². The van der Waals surface area contributed by atoms with Crippen LogP contribution in [0.1, 0.15) is 29.9 Å². The van der Waals surface area contributed by atoms with Crippen LogP contribution in [-0.2, 0) is 9.47 Å². The van der Waals surface area contributed by atoms with Crippen molar-refractivity contribution in [1.82, 2.24) is 9.88 Å². The van der Waals surface area contributed by atoms with Crippen molar-refractivity contribution >= 4 is 5.91 Å². The third-order valence-electron chi connectivity index (χ3n) is 3.31. The topological polar surface area (TPSA) is 54.6 Å². The van der Waals surface area contributed by atoms with E-state index in [-0.39, 0.29) is 17.6 Å². The number of nitrogens with one attached hydrogen (secondary N) is 1. The molecule has 1 aromatic rings. The molecule has 0 bridgehead atoms. The Morgan fingerprint density at radius 1 is 1.63 bits per heavy atom. The normalized spacial score (nSPS) is 22.5. The number of rotatable bonds is 3. The predicted molar refractivity (Wildman–Crippen MR) is 72.3 cm³/mol. The lowest BCUT2D eigenvalue weighted by atomic mass is 10.0. The molecule has 1 fully saturated rings. The van der Waals surface area contributed by atoms with Crippen LogP contribution >= 0.6 is 0 Å². The lowest BCUT2D eigenvalue weighted by molar-refractivity contribution is -0.143. The molecule has 0 aromatic carbocycles. The van der Waals surface area contributed by atoms with Gasteiger partial charge in [0.05, 0.1) is 23.9 Å². The van der Waals surface area contributed by atoms with E-state index in [2.05, 4.69) is 4.98 Å². The van der Waals surface area contributed by atoms with Crippen molar-refractivity contribution < 1.29 is 14.3 Å². The van der Waals surface area contributed by atoms with Crippen LogP contribution in [0.25, 0.3) is 0 Å². The van der Waals surface area contributed by atoms with Gasteiger partial charge in [0.25, 0.3) is 5.91 Å². The first-order chi connectivity index (χ1) is 8.93. The number of methoxy groups -OCH3 is 1. The molecule has 0 unspecified atom stereocenters. The first-order valence-electron chi connectivity index (χ1n) is 6.53. The summed E-state index contributed by atoms with van der Waals surface area (Å²) >= 11 is 0. The number of H-pyrrole nitrogens is 1. The number of carbonyl (C=O) groups excluding carboxylic acids is 1. The van der Waals surface area contributed by atoms with E-state index in [1.165, 1.54) is 0 Å². The molecule has 2 rings (SSSR count). The highest BCUT2D eigenvalue weighted by Gasteiger charge is 2.36.